The summed E-state index contributed by atoms with van der Waals surface area (Å²) in [5.74, 6) is 0. The largest absolute Gasteiger partial charge is 0.310 e. The van der Waals surface area contributed by atoms with Gasteiger partial charge < -0.3 is 4.90 Å². The molecule has 0 saturated carbocycles. The molecule has 0 fully saturated rings. The van der Waals surface area contributed by atoms with Crippen LogP contribution in [0.15, 0.2) is 212 Å². The average Bonchev–Trinajstić information content (AvgIpc) is 3.49. The van der Waals surface area contributed by atoms with E-state index in [1.54, 1.807) is 0 Å². The summed E-state index contributed by atoms with van der Waals surface area (Å²) >= 11 is 0. The summed E-state index contributed by atoms with van der Waals surface area (Å²) in [4.78, 5) is 2.41. The highest BCUT2D eigenvalue weighted by atomic mass is 15.1. The lowest BCUT2D eigenvalue weighted by Crippen LogP contribution is -2.15. The molecule has 1 heteroatoms. The van der Waals surface area contributed by atoms with E-state index < -0.39 is 0 Å². The van der Waals surface area contributed by atoms with Crippen molar-refractivity contribution in [2.75, 3.05) is 4.90 Å². The van der Waals surface area contributed by atoms with Gasteiger partial charge >= 0.3 is 0 Å². The Morgan fingerprint density at radius 3 is 1.54 bits per heavy atom. The number of nitrogens with zero attached hydrogens (tertiary/aromatic N) is 1. The lowest BCUT2D eigenvalue weighted by Gasteiger charge is -2.28. The van der Waals surface area contributed by atoms with Gasteiger partial charge in [-0.15, -0.1) is 0 Å². The second-order valence-corrected chi connectivity index (χ2v) is 15.3. The highest BCUT2D eigenvalue weighted by Crippen LogP contribution is 2.55. The smallest absolute Gasteiger partial charge is 0.0540 e. The molecule has 1 nitrogen and oxygen atoms in total. The van der Waals surface area contributed by atoms with Gasteiger partial charge in [0.2, 0.25) is 0 Å². The van der Waals surface area contributed by atoms with Crippen LogP contribution in [0, 0.1) is 0 Å². The molecule has 10 rings (SSSR count). The maximum Gasteiger partial charge on any atom is 0.0540 e. The molecule has 9 aromatic rings. The number of hydrogen-bond donors (Lipinski definition) is 0. The van der Waals surface area contributed by atoms with Gasteiger partial charge in [0.15, 0.2) is 0 Å². The number of para-hydroxylation sites is 1. The normalized spacial score (nSPS) is 12.6. The van der Waals surface area contributed by atoms with Crippen molar-refractivity contribution in [3.05, 3.63) is 223 Å². The van der Waals surface area contributed by atoms with Crippen LogP contribution in [-0.4, -0.2) is 0 Å². The third-order valence-electron chi connectivity index (χ3n) is 11.7. The summed E-state index contributed by atoms with van der Waals surface area (Å²) in [6.07, 6.45) is 0. The average molecular weight is 716 g/mol. The van der Waals surface area contributed by atoms with Crippen molar-refractivity contribution in [3.8, 4) is 55.6 Å². The van der Waals surface area contributed by atoms with Crippen molar-refractivity contribution in [1.29, 1.82) is 0 Å². The molecular weight excluding hydrogens is 675 g/mol. The first kappa shape index (κ1) is 33.6. The molecule has 0 spiro atoms. The Balaban J connectivity index is 1.15. The molecule has 0 aliphatic heterocycles. The number of benzene rings is 9. The van der Waals surface area contributed by atoms with Crippen LogP contribution in [-0.2, 0) is 5.41 Å². The first-order valence-electron chi connectivity index (χ1n) is 19.5. The van der Waals surface area contributed by atoms with Crippen LogP contribution in [0.25, 0.3) is 66.4 Å². The zero-order valence-electron chi connectivity index (χ0n) is 31.7. The minimum atomic E-state index is -0.159. The van der Waals surface area contributed by atoms with Crippen LogP contribution in [0.5, 0.6) is 0 Å². The predicted molar refractivity (Wildman–Crippen MR) is 238 cm³/mol. The van der Waals surface area contributed by atoms with Crippen LogP contribution in [0.1, 0.15) is 25.0 Å². The molecule has 0 N–H and O–H groups in total. The first-order chi connectivity index (χ1) is 27.5. The number of rotatable bonds is 7. The fraction of sp³-hybridized carbons (Fsp3) is 0.0545. The van der Waals surface area contributed by atoms with E-state index in [4.69, 9.17) is 0 Å². The van der Waals surface area contributed by atoms with Crippen molar-refractivity contribution in [2.45, 2.75) is 19.3 Å². The fourth-order valence-electron chi connectivity index (χ4n) is 8.85. The molecule has 1 aliphatic rings. The van der Waals surface area contributed by atoms with E-state index in [2.05, 4.69) is 231 Å². The predicted octanol–water partition coefficient (Wildman–Crippen LogP) is 15.3. The topological polar surface area (TPSA) is 3.24 Å². The molecule has 0 radical (unpaired) electrons. The van der Waals surface area contributed by atoms with E-state index in [1.807, 2.05) is 0 Å². The highest BCUT2D eigenvalue weighted by molar-refractivity contribution is 5.98. The lowest BCUT2D eigenvalue weighted by molar-refractivity contribution is 0.661. The summed E-state index contributed by atoms with van der Waals surface area (Å²) in [5, 5.41) is 2.45. The van der Waals surface area contributed by atoms with Gasteiger partial charge in [-0.3, -0.25) is 0 Å². The Labute approximate surface area is 329 Å². The van der Waals surface area contributed by atoms with E-state index in [0.717, 1.165) is 17.1 Å². The molecule has 0 atom stereocenters. The number of hydrogen-bond acceptors (Lipinski definition) is 1. The van der Waals surface area contributed by atoms with Crippen LogP contribution >= 0.6 is 0 Å². The van der Waals surface area contributed by atoms with Crippen LogP contribution in [0.4, 0.5) is 17.1 Å². The molecule has 266 valence electrons. The number of fused-ring (bicyclic) bond motifs is 4. The molecule has 56 heavy (non-hydrogen) atoms. The van der Waals surface area contributed by atoms with Gasteiger partial charge in [-0.05, 0) is 114 Å². The Morgan fingerprint density at radius 2 is 0.839 bits per heavy atom. The van der Waals surface area contributed by atoms with Gasteiger partial charge in [0, 0.05) is 22.4 Å². The van der Waals surface area contributed by atoms with Gasteiger partial charge in [-0.1, -0.05) is 184 Å². The molecule has 0 bridgehead atoms. The Morgan fingerprint density at radius 1 is 0.321 bits per heavy atom. The van der Waals surface area contributed by atoms with Crippen molar-refractivity contribution < 1.29 is 0 Å². The van der Waals surface area contributed by atoms with Crippen molar-refractivity contribution in [1.82, 2.24) is 0 Å². The van der Waals surface area contributed by atoms with Gasteiger partial charge in [0.05, 0.1) is 5.69 Å². The standard InChI is InChI=1S/C55H41N/c1-55(2)51-27-16-26-47(40-20-8-4-9-21-40)54(51)50-36-48(41-22-10-5-11-23-41)49(37-52(50)55)42-30-32-44(33-31-42)56(45-34-29-38-17-12-13-24-43(38)35-45)53-28-15-14-25-46(53)39-18-6-3-7-19-39/h3-37H,1-2H3. The first-order valence-corrected chi connectivity index (χ1v) is 19.5. The molecule has 0 unspecified atom stereocenters. The van der Waals surface area contributed by atoms with Crippen LogP contribution in [0.2, 0.25) is 0 Å². The van der Waals surface area contributed by atoms with Gasteiger partial charge in [-0.2, -0.15) is 0 Å². The van der Waals surface area contributed by atoms with Gasteiger partial charge in [-0.25, -0.2) is 0 Å². The SMILES string of the molecule is CC1(C)c2cc(-c3ccc(N(c4ccc5ccccc5c4)c4ccccc4-c4ccccc4)cc3)c(-c3ccccc3)cc2-c2c(-c3ccccc3)cccc21. The highest BCUT2D eigenvalue weighted by Gasteiger charge is 2.38. The zero-order valence-corrected chi connectivity index (χ0v) is 31.7. The summed E-state index contributed by atoms with van der Waals surface area (Å²) in [6, 6.07) is 77.5. The lowest BCUT2D eigenvalue weighted by atomic mass is 9.80. The second kappa shape index (κ2) is 13.7. The van der Waals surface area contributed by atoms with Crippen molar-refractivity contribution >= 4 is 27.8 Å². The van der Waals surface area contributed by atoms with Crippen LogP contribution in [0.3, 0.4) is 0 Å². The maximum absolute atomic E-state index is 2.48. The molecule has 0 aromatic heterocycles. The summed E-state index contributed by atoms with van der Waals surface area (Å²) in [6.45, 7) is 4.76. The van der Waals surface area contributed by atoms with Crippen LogP contribution < -0.4 is 4.90 Å². The Bertz CT molecular complexity index is 2850. The van der Waals surface area contributed by atoms with E-state index in [-0.39, 0.29) is 5.41 Å². The molecule has 0 heterocycles. The third kappa shape index (κ3) is 5.72. The minimum Gasteiger partial charge on any atom is -0.310 e. The van der Waals surface area contributed by atoms with E-state index in [1.165, 1.54) is 77.5 Å². The van der Waals surface area contributed by atoms with E-state index >= 15 is 0 Å². The fourth-order valence-corrected chi connectivity index (χ4v) is 8.85. The van der Waals surface area contributed by atoms with Gasteiger partial charge in [0.25, 0.3) is 0 Å². The molecule has 0 amide bonds. The Kier molecular flexibility index (Phi) is 8.23. The van der Waals surface area contributed by atoms with Gasteiger partial charge in [0.1, 0.15) is 0 Å². The summed E-state index contributed by atoms with van der Waals surface area (Å²) < 4.78 is 0. The number of anilines is 3. The maximum atomic E-state index is 2.48. The van der Waals surface area contributed by atoms with E-state index in [0.29, 0.717) is 0 Å². The van der Waals surface area contributed by atoms with E-state index in [9.17, 15) is 0 Å². The summed E-state index contributed by atoms with van der Waals surface area (Å²) in [5.41, 5.74) is 18.4. The minimum absolute atomic E-state index is 0.159. The molecule has 0 saturated heterocycles. The summed E-state index contributed by atoms with van der Waals surface area (Å²) in [7, 11) is 0. The third-order valence-corrected chi connectivity index (χ3v) is 11.7. The van der Waals surface area contributed by atoms with Crippen molar-refractivity contribution in [3.63, 3.8) is 0 Å². The second-order valence-electron chi connectivity index (χ2n) is 15.3. The quantitative estimate of drug-likeness (QED) is 0.159. The van der Waals surface area contributed by atoms with Crippen molar-refractivity contribution in [2.24, 2.45) is 0 Å². The monoisotopic (exact) mass is 715 g/mol. The Hall–Kier alpha value is -6.96. The zero-order chi connectivity index (χ0) is 37.6. The molecule has 9 aromatic carbocycles. The molecular formula is C55H41N. The molecule has 1 aliphatic carbocycles.